The minimum Gasteiger partial charge on any atom is -0.394 e. The first-order valence-corrected chi connectivity index (χ1v) is 21.0. The number of carbonyl (C=O) groups is 6. The molecule has 21 nitrogen and oxygen atoms in total. The summed E-state index contributed by atoms with van der Waals surface area (Å²) in [5.41, 5.74) is 0. The van der Waals surface area contributed by atoms with E-state index in [1.165, 1.54) is 0 Å². The summed E-state index contributed by atoms with van der Waals surface area (Å²) in [6, 6.07) is -2.28. The van der Waals surface area contributed by atoms with E-state index in [0.29, 0.717) is 19.4 Å². The fraction of sp³-hybridized carbons (Fsp3) is 0.824. The van der Waals surface area contributed by atoms with Crippen molar-refractivity contribution < 1.29 is 72.3 Å². The molecule has 0 aromatic rings. The van der Waals surface area contributed by atoms with Gasteiger partial charge in [-0.3, -0.25) is 33.3 Å². The summed E-state index contributed by atoms with van der Waals surface area (Å²) in [5, 5.41) is 42.3. The van der Waals surface area contributed by atoms with Crippen LogP contribution in [0.25, 0.3) is 0 Å². The molecule has 0 aliphatic heterocycles. The first-order chi connectivity index (χ1) is 26.8. The molecule has 0 aromatic carbocycles. The summed E-state index contributed by atoms with van der Waals surface area (Å²) in [6.07, 6.45) is 2.45. The van der Waals surface area contributed by atoms with Gasteiger partial charge < -0.3 is 70.8 Å². The van der Waals surface area contributed by atoms with Crippen molar-refractivity contribution in [3.8, 4) is 0 Å². The quantitative estimate of drug-likeness (QED) is 0.0230. The van der Waals surface area contributed by atoms with Gasteiger partial charge in [0.25, 0.3) is 0 Å². The number of aliphatic hydroxyl groups excluding tert-OH is 3. The molecule has 6 amide bonds. The van der Waals surface area contributed by atoms with Gasteiger partial charge in [0.1, 0.15) is 12.1 Å². The van der Waals surface area contributed by atoms with Gasteiger partial charge in [-0.1, -0.05) is 12.8 Å². The summed E-state index contributed by atoms with van der Waals surface area (Å²) in [5.74, 6) is -2.98. The van der Waals surface area contributed by atoms with Gasteiger partial charge in [0.05, 0.1) is 66.1 Å². The standard InChI is InChI=1S/C34H65N6O15P/c1-56(50,51)55-20-5-3-2-4-13-35-29(44)7-6-8-31(46)39-28(34(49)38-16-23-54-26-19-43)10-12-32(47)40-27(33(48)37-15-22-53-25-18-42)9-11-30(45)36-14-21-52-24-17-41/h27-28,41-43H,2-26H2,1H3,(H,35,44)(H,36,45)(H,37,48)(H,38,49)(H,39,46)(H,40,47)(H,50,51). The summed E-state index contributed by atoms with van der Waals surface area (Å²) in [7, 11) is -3.48. The Morgan fingerprint density at radius 3 is 1.41 bits per heavy atom. The van der Waals surface area contributed by atoms with Crippen molar-refractivity contribution in [3.63, 3.8) is 0 Å². The lowest BCUT2D eigenvalue weighted by atomic mass is 10.1. The van der Waals surface area contributed by atoms with Crippen LogP contribution in [0.15, 0.2) is 0 Å². The molecule has 0 aliphatic carbocycles. The maximum absolute atomic E-state index is 13.1. The molecule has 0 aromatic heterocycles. The zero-order valence-electron chi connectivity index (χ0n) is 32.6. The summed E-state index contributed by atoms with van der Waals surface area (Å²) in [4.78, 5) is 85.5. The van der Waals surface area contributed by atoms with Crippen LogP contribution in [0.1, 0.15) is 70.6 Å². The Hall–Kier alpha value is -3.27. The molecule has 0 saturated carbocycles. The SMILES string of the molecule is CP(=O)(O)OCCCCCCNC(=O)CCCC(=O)NC(CCC(=O)NC(CCC(=O)NCCOCCO)C(=O)NCCOCCO)C(=O)NCCOCCO. The highest BCUT2D eigenvalue weighted by molar-refractivity contribution is 7.51. The zero-order chi connectivity index (χ0) is 41.9. The Kier molecular flexibility index (Phi) is 32.9. The van der Waals surface area contributed by atoms with E-state index >= 15 is 0 Å². The van der Waals surface area contributed by atoms with Crippen LogP contribution < -0.4 is 31.9 Å². The van der Waals surface area contributed by atoms with E-state index in [1.807, 2.05) is 0 Å². The van der Waals surface area contributed by atoms with E-state index in [4.69, 9.17) is 38.9 Å². The summed E-state index contributed by atoms with van der Waals surface area (Å²) in [6.45, 7) is 2.14. The van der Waals surface area contributed by atoms with Crippen molar-refractivity contribution in [2.45, 2.75) is 82.7 Å². The number of aliphatic hydroxyl groups is 3. The van der Waals surface area contributed by atoms with E-state index in [9.17, 15) is 33.3 Å². The number of hydrogen-bond donors (Lipinski definition) is 10. The molecule has 0 heterocycles. The second kappa shape index (κ2) is 34.9. The van der Waals surface area contributed by atoms with Crippen molar-refractivity contribution in [2.24, 2.45) is 0 Å². The highest BCUT2D eigenvalue weighted by atomic mass is 31.2. The number of amides is 6. The fourth-order valence-electron chi connectivity index (χ4n) is 4.75. The van der Waals surface area contributed by atoms with E-state index in [0.717, 1.165) is 19.5 Å². The van der Waals surface area contributed by atoms with Crippen molar-refractivity contribution >= 4 is 43.0 Å². The largest absolute Gasteiger partial charge is 0.394 e. The Morgan fingerprint density at radius 1 is 0.500 bits per heavy atom. The van der Waals surface area contributed by atoms with E-state index in [1.54, 1.807) is 0 Å². The molecule has 0 bridgehead atoms. The topological polar surface area (TPSA) is 310 Å². The molecule has 10 N–H and O–H groups in total. The van der Waals surface area contributed by atoms with Gasteiger partial charge in [-0.25, -0.2) is 0 Å². The predicted molar refractivity (Wildman–Crippen MR) is 202 cm³/mol. The molecule has 22 heteroatoms. The third kappa shape index (κ3) is 32.9. The molecule has 0 rings (SSSR count). The third-order valence-corrected chi connectivity index (χ3v) is 8.18. The molecule has 0 fully saturated rings. The van der Waals surface area contributed by atoms with Crippen LogP contribution in [0.2, 0.25) is 0 Å². The molecule has 3 unspecified atom stereocenters. The smallest absolute Gasteiger partial charge is 0.325 e. The van der Waals surface area contributed by atoms with Gasteiger partial charge >= 0.3 is 7.60 Å². The Balaban J connectivity index is 5.10. The first kappa shape index (κ1) is 52.7. The fourth-order valence-corrected chi connectivity index (χ4v) is 5.22. The van der Waals surface area contributed by atoms with Crippen molar-refractivity contribution in [2.75, 3.05) is 98.9 Å². The van der Waals surface area contributed by atoms with E-state index < -0.39 is 49.2 Å². The first-order valence-electron chi connectivity index (χ1n) is 19.0. The van der Waals surface area contributed by atoms with Crippen LogP contribution in [0.5, 0.6) is 0 Å². The third-order valence-electron chi connectivity index (χ3n) is 7.52. The highest BCUT2D eigenvalue weighted by Crippen LogP contribution is 2.36. The number of rotatable bonds is 37. The maximum Gasteiger partial charge on any atom is 0.325 e. The molecule has 326 valence electrons. The van der Waals surface area contributed by atoms with Gasteiger partial charge in [0.15, 0.2) is 0 Å². The van der Waals surface area contributed by atoms with Crippen LogP contribution in [0, 0.1) is 0 Å². The van der Waals surface area contributed by atoms with Crippen LogP contribution in [-0.4, -0.2) is 167 Å². The van der Waals surface area contributed by atoms with E-state index in [-0.39, 0.29) is 137 Å². The lowest BCUT2D eigenvalue weighted by Crippen LogP contribution is -2.50. The minimum atomic E-state index is -3.48. The van der Waals surface area contributed by atoms with Gasteiger partial charge in [0, 0.05) is 58.5 Å². The molecular formula is C34H65N6O15P. The van der Waals surface area contributed by atoms with E-state index in [2.05, 4.69) is 31.9 Å². The van der Waals surface area contributed by atoms with Gasteiger partial charge in [0.2, 0.25) is 35.4 Å². The highest BCUT2D eigenvalue weighted by Gasteiger charge is 2.25. The van der Waals surface area contributed by atoms with Crippen molar-refractivity contribution in [3.05, 3.63) is 0 Å². The second-order valence-electron chi connectivity index (χ2n) is 12.5. The van der Waals surface area contributed by atoms with Gasteiger partial charge in [-0.15, -0.1) is 0 Å². The van der Waals surface area contributed by atoms with Gasteiger partial charge in [-0.05, 0) is 32.1 Å². The van der Waals surface area contributed by atoms with Crippen molar-refractivity contribution in [1.82, 2.24) is 31.9 Å². The number of hydrogen-bond acceptors (Lipinski definition) is 14. The molecule has 56 heavy (non-hydrogen) atoms. The van der Waals surface area contributed by atoms with Crippen LogP contribution in [-0.2, 0) is 52.1 Å². The summed E-state index contributed by atoms with van der Waals surface area (Å²) >= 11 is 0. The summed E-state index contributed by atoms with van der Waals surface area (Å²) < 4.78 is 31.3. The second-order valence-corrected chi connectivity index (χ2v) is 14.4. The van der Waals surface area contributed by atoms with Crippen LogP contribution in [0.4, 0.5) is 0 Å². The number of unbranched alkanes of at least 4 members (excludes halogenated alkanes) is 3. The normalized spacial score (nSPS) is 13.2. The number of nitrogens with one attached hydrogen (secondary N) is 6. The number of ether oxygens (including phenoxy) is 3. The molecule has 0 saturated heterocycles. The molecule has 0 radical (unpaired) electrons. The Morgan fingerprint density at radius 2 is 0.911 bits per heavy atom. The lowest BCUT2D eigenvalue weighted by Gasteiger charge is -2.21. The molecule has 0 aliphatic rings. The molecule has 3 atom stereocenters. The Bertz CT molecular complexity index is 1160. The Labute approximate surface area is 328 Å². The van der Waals surface area contributed by atoms with Crippen LogP contribution in [0.3, 0.4) is 0 Å². The van der Waals surface area contributed by atoms with Crippen molar-refractivity contribution in [1.29, 1.82) is 0 Å². The lowest BCUT2D eigenvalue weighted by molar-refractivity contribution is -0.131. The minimum absolute atomic E-state index is 0.0642. The van der Waals surface area contributed by atoms with Crippen LogP contribution >= 0.6 is 7.60 Å². The zero-order valence-corrected chi connectivity index (χ0v) is 33.5. The number of carbonyl (C=O) groups excluding carboxylic acids is 6. The monoisotopic (exact) mass is 828 g/mol. The predicted octanol–water partition coefficient (Wildman–Crippen LogP) is -2.43. The average molecular weight is 829 g/mol. The maximum atomic E-state index is 13.1. The molecule has 0 spiro atoms. The van der Waals surface area contributed by atoms with Gasteiger partial charge in [-0.2, -0.15) is 0 Å². The average Bonchev–Trinajstić information content (AvgIpc) is 3.15. The molecular weight excluding hydrogens is 763 g/mol.